The molecule has 0 bridgehead atoms. The number of carbonyl (C=O) groups excluding carboxylic acids is 2. The zero-order chi connectivity index (χ0) is 15.6. The van der Waals surface area contributed by atoms with Crippen LogP contribution in [0.25, 0.3) is 0 Å². The molecule has 5 heteroatoms. The first-order chi connectivity index (χ1) is 9.80. The summed E-state index contributed by atoms with van der Waals surface area (Å²) in [6.45, 7) is 5.90. The zero-order valence-corrected chi connectivity index (χ0v) is 12.6. The smallest absolute Gasteiger partial charge is 0.338 e. The van der Waals surface area contributed by atoms with Gasteiger partial charge in [-0.1, -0.05) is 6.07 Å². The molecule has 1 unspecified atom stereocenters. The van der Waals surface area contributed by atoms with Gasteiger partial charge in [-0.25, -0.2) is 4.79 Å². The third-order valence-corrected chi connectivity index (χ3v) is 3.26. The number of anilines is 1. The van der Waals surface area contributed by atoms with E-state index in [1.54, 1.807) is 29.2 Å². The van der Waals surface area contributed by atoms with Crippen LogP contribution in [0.2, 0.25) is 0 Å². The van der Waals surface area contributed by atoms with Crippen molar-refractivity contribution in [1.29, 1.82) is 0 Å². The van der Waals surface area contributed by atoms with E-state index in [2.05, 4.69) is 0 Å². The molecule has 21 heavy (non-hydrogen) atoms. The number of rotatable bonds is 3. The summed E-state index contributed by atoms with van der Waals surface area (Å²) in [5, 5.41) is 9.17. The highest BCUT2D eigenvalue weighted by molar-refractivity contribution is 5.97. The first-order valence-corrected chi connectivity index (χ1v) is 7.05. The van der Waals surface area contributed by atoms with Gasteiger partial charge in [0.25, 0.3) is 0 Å². The maximum Gasteiger partial charge on any atom is 0.338 e. The SMILES string of the molecule is CC(C)(C)OC(=O)c1cccc(N2CC(CO)CC2=O)c1. The molecule has 2 rings (SSSR count). The molecular weight excluding hydrogens is 270 g/mol. The Bertz CT molecular complexity index is 547. The maximum atomic E-state index is 12.1. The summed E-state index contributed by atoms with van der Waals surface area (Å²) in [6, 6.07) is 6.84. The Morgan fingerprint density at radius 3 is 2.71 bits per heavy atom. The highest BCUT2D eigenvalue weighted by atomic mass is 16.6. The van der Waals surface area contributed by atoms with Gasteiger partial charge in [-0.05, 0) is 39.0 Å². The topological polar surface area (TPSA) is 66.8 Å². The van der Waals surface area contributed by atoms with Crippen LogP contribution in [0.15, 0.2) is 24.3 Å². The summed E-state index contributed by atoms with van der Waals surface area (Å²) in [4.78, 5) is 25.6. The van der Waals surface area contributed by atoms with Gasteiger partial charge in [0, 0.05) is 31.2 Å². The van der Waals surface area contributed by atoms with Gasteiger partial charge in [0.2, 0.25) is 5.91 Å². The monoisotopic (exact) mass is 291 g/mol. The third-order valence-electron chi connectivity index (χ3n) is 3.26. The number of amides is 1. The average molecular weight is 291 g/mol. The van der Waals surface area contributed by atoms with Crippen molar-refractivity contribution in [3.8, 4) is 0 Å². The van der Waals surface area contributed by atoms with Crippen LogP contribution < -0.4 is 4.90 Å². The van der Waals surface area contributed by atoms with E-state index < -0.39 is 11.6 Å². The molecule has 0 spiro atoms. The quantitative estimate of drug-likeness (QED) is 0.865. The maximum absolute atomic E-state index is 12.1. The molecule has 0 aromatic heterocycles. The summed E-state index contributed by atoms with van der Waals surface area (Å²) in [5.74, 6) is -0.479. The number of ether oxygens (including phenoxy) is 1. The molecule has 0 saturated carbocycles. The Morgan fingerprint density at radius 1 is 1.43 bits per heavy atom. The predicted molar refractivity (Wildman–Crippen MR) is 79.2 cm³/mol. The van der Waals surface area contributed by atoms with Gasteiger partial charge >= 0.3 is 5.97 Å². The number of aliphatic hydroxyl groups is 1. The van der Waals surface area contributed by atoms with E-state index in [-0.39, 0.29) is 18.4 Å². The molecule has 1 atom stereocenters. The minimum absolute atomic E-state index is 0.00596. The first kappa shape index (κ1) is 15.5. The van der Waals surface area contributed by atoms with Crippen molar-refractivity contribution < 1.29 is 19.4 Å². The molecule has 0 radical (unpaired) electrons. The van der Waals surface area contributed by atoms with E-state index in [1.807, 2.05) is 20.8 Å². The van der Waals surface area contributed by atoms with Gasteiger partial charge in [0.1, 0.15) is 5.60 Å². The Hall–Kier alpha value is -1.88. The lowest BCUT2D eigenvalue weighted by molar-refractivity contribution is -0.117. The number of nitrogens with zero attached hydrogens (tertiary/aromatic N) is 1. The molecule has 0 aliphatic carbocycles. The van der Waals surface area contributed by atoms with Crippen molar-refractivity contribution in [2.24, 2.45) is 5.92 Å². The summed E-state index contributed by atoms with van der Waals surface area (Å²) >= 11 is 0. The molecule has 114 valence electrons. The number of hydrogen-bond donors (Lipinski definition) is 1. The van der Waals surface area contributed by atoms with Crippen LogP contribution in [-0.2, 0) is 9.53 Å². The molecule has 1 aromatic carbocycles. The molecule has 1 fully saturated rings. The van der Waals surface area contributed by atoms with Crippen molar-refractivity contribution in [3.05, 3.63) is 29.8 Å². The highest BCUT2D eigenvalue weighted by Crippen LogP contribution is 2.26. The van der Waals surface area contributed by atoms with E-state index in [4.69, 9.17) is 9.84 Å². The number of esters is 1. The normalized spacial score (nSPS) is 19.0. The van der Waals surface area contributed by atoms with Crippen LogP contribution >= 0.6 is 0 Å². The molecule has 1 aromatic rings. The van der Waals surface area contributed by atoms with E-state index >= 15 is 0 Å². The number of carbonyl (C=O) groups is 2. The zero-order valence-electron chi connectivity index (χ0n) is 12.6. The Morgan fingerprint density at radius 2 is 2.14 bits per heavy atom. The second kappa shape index (κ2) is 5.85. The lowest BCUT2D eigenvalue weighted by Crippen LogP contribution is -2.26. The lowest BCUT2D eigenvalue weighted by atomic mass is 10.1. The van der Waals surface area contributed by atoms with Crippen molar-refractivity contribution in [2.75, 3.05) is 18.1 Å². The lowest BCUT2D eigenvalue weighted by Gasteiger charge is -2.21. The second-order valence-corrected chi connectivity index (χ2v) is 6.31. The van der Waals surface area contributed by atoms with E-state index in [0.717, 1.165) is 0 Å². The summed E-state index contributed by atoms with van der Waals surface area (Å²) in [5.41, 5.74) is 0.528. The van der Waals surface area contributed by atoms with E-state index in [1.165, 1.54) is 0 Å². The molecule has 1 heterocycles. The van der Waals surface area contributed by atoms with Crippen LogP contribution in [0, 0.1) is 5.92 Å². The second-order valence-electron chi connectivity index (χ2n) is 6.31. The standard InChI is InChI=1S/C16H21NO4/c1-16(2,3)21-15(20)12-5-4-6-13(8-12)17-9-11(10-18)7-14(17)19/h4-6,8,11,18H,7,9-10H2,1-3H3. The highest BCUT2D eigenvalue weighted by Gasteiger charge is 2.30. The van der Waals surface area contributed by atoms with Crippen molar-refractivity contribution >= 4 is 17.6 Å². The fourth-order valence-corrected chi connectivity index (χ4v) is 2.29. The van der Waals surface area contributed by atoms with Crippen molar-refractivity contribution in [2.45, 2.75) is 32.8 Å². The predicted octanol–water partition coefficient (Wildman–Crippen LogP) is 1.99. The van der Waals surface area contributed by atoms with Gasteiger partial charge < -0.3 is 14.7 Å². The van der Waals surface area contributed by atoms with E-state index in [9.17, 15) is 9.59 Å². The van der Waals surface area contributed by atoms with Crippen LogP contribution in [0.1, 0.15) is 37.6 Å². The van der Waals surface area contributed by atoms with Gasteiger partial charge in [0.15, 0.2) is 0 Å². The molecule has 1 amide bonds. The van der Waals surface area contributed by atoms with Crippen LogP contribution in [0.5, 0.6) is 0 Å². The van der Waals surface area contributed by atoms with Crippen LogP contribution in [-0.4, -0.2) is 35.7 Å². The molecule has 1 saturated heterocycles. The number of aliphatic hydroxyl groups excluding tert-OH is 1. The molecule has 1 aliphatic rings. The summed E-state index contributed by atoms with van der Waals surface area (Å²) < 4.78 is 5.33. The molecule has 5 nitrogen and oxygen atoms in total. The van der Waals surface area contributed by atoms with Gasteiger partial charge in [-0.15, -0.1) is 0 Å². The third kappa shape index (κ3) is 3.82. The van der Waals surface area contributed by atoms with E-state index in [0.29, 0.717) is 24.2 Å². The van der Waals surface area contributed by atoms with Crippen molar-refractivity contribution in [3.63, 3.8) is 0 Å². The summed E-state index contributed by atoms with van der Waals surface area (Å²) in [7, 11) is 0. The van der Waals surface area contributed by atoms with Crippen LogP contribution in [0.4, 0.5) is 5.69 Å². The fourth-order valence-electron chi connectivity index (χ4n) is 2.29. The summed E-state index contributed by atoms with van der Waals surface area (Å²) in [6.07, 6.45) is 0.340. The Labute approximate surface area is 124 Å². The largest absolute Gasteiger partial charge is 0.456 e. The molecule has 1 N–H and O–H groups in total. The van der Waals surface area contributed by atoms with Gasteiger partial charge in [-0.3, -0.25) is 4.79 Å². The molecular formula is C16H21NO4. The first-order valence-electron chi connectivity index (χ1n) is 7.05. The minimum Gasteiger partial charge on any atom is -0.456 e. The minimum atomic E-state index is -0.557. The number of hydrogen-bond acceptors (Lipinski definition) is 4. The van der Waals surface area contributed by atoms with Crippen LogP contribution in [0.3, 0.4) is 0 Å². The Balaban J connectivity index is 2.18. The van der Waals surface area contributed by atoms with Crippen molar-refractivity contribution in [1.82, 2.24) is 0 Å². The van der Waals surface area contributed by atoms with Gasteiger partial charge in [0.05, 0.1) is 5.56 Å². The molecule has 1 aliphatic heterocycles. The average Bonchev–Trinajstić information content (AvgIpc) is 2.78. The fraction of sp³-hybridized carbons (Fsp3) is 0.500. The number of benzene rings is 1. The Kier molecular flexibility index (Phi) is 4.32. The van der Waals surface area contributed by atoms with Gasteiger partial charge in [-0.2, -0.15) is 0 Å².